The van der Waals surface area contributed by atoms with Gasteiger partial charge in [0.2, 0.25) is 0 Å². The van der Waals surface area contributed by atoms with Crippen molar-refractivity contribution in [3.8, 4) is 11.8 Å². The molecule has 92 valence electrons. The van der Waals surface area contributed by atoms with Gasteiger partial charge in [-0.15, -0.1) is 0 Å². The van der Waals surface area contributed by atoms with Gasteiger partial charge in [-0.05, 0) is 30.7 Å². The third kappa shape index (κ3) is 4.41. The molecule has 3 nitrogen and oxygen atoms in total. The summed E-state index contributed by atoms with van der Waals surface area (Å²) in [6, 6.07) is 6.54. The molecular weight excluding hydrogens is 219 g/mol. The zero-order valence-electron chi connectivity index (χ0n) is 10.2. The monoisotopic (exact) mass is 236 g/mol. The first-order chi connectivity index (χ1) is 8.19. The molecule has 1 atom stereocenters. The summed E-state index contributed by atoms with van der Waals surface area (Å²) in [5.41, 5.74) is 0.814. The maximum Gasteiger partial charge on any atom is 0.184 e. The topological polar surface area (TPSA) is 45.0 Å². The molecule has 0 aromatic heterocycles. The normalized spacial score (nSPS) is 11.9. The number of hydrogen-bond acceptors (Lipinski definition) is 3. The number of hydrogen-bond donors (Lipinski definition) is 1. The maximum absolute atomic E-state index is 13.3. The first-order valence-corrected chi connectivity index (χ1v) is 5.76. The summed E-state index contributed by atoms with van der Waals surface area (Å²) >= 11 is 0. The molecule has 0 spiro atoms. The van der Waals surface area contributed by atoms with Crippen LogP contribution in [0.4, 0.5) is 4.39 Å². The van der Waals surface area contributed by atoms with E-state index in [9.17, 15) is 4.39 Å². The standard InChI is InChI=1S/C13H17FN2O/c1-3-12(8-15)17-13-6-10(9-16-4-2)5-11(14)7-13/h5-7,12,16H,3-4,9H2,1-2H3. The van der Waals surface area contributed by atoms with E-state index in [4.69, 9.17) is 10.00 Å². The minimum atomic E-state index is -0.524. The van der Waals surface area contributed by atoms with E-state index in [2.05, 4.69) is 5.32 Å². The van der Waals surface area contributed by atoms with Crippen LogP contribution < -0.4 is 10.1 Å². The van der Waals surface area contributed by atoms with Crippen LogP contribution in [-0.4, -0.2) is 12.6 Å². The van der Waals surface area contributed by atoms with Gasteiger partial charge in [0.05, 0.1) is 0 Å². The summed E-state index contributed by atoms with van der Waals surface area (Å²) in [5.74, 6) is 0.0644. The first kappa shape index (κ1) is 13.5. The molecule has 17 heavy (non-hydrogen) atoms. The quantitative estimate of drug-likeness (QED) is 0.825. The van der Waals surface area contributed by atoms with Crippen LogP contribution in [0.1, 0.15) is 25.8 Å². The highest BCUT2D eigenvalue weighted by Crippen LogP contribution is 2.18. The summed E-state index contributed by atoms with van der Waals surface area (Å²) in [7, 11) is 0. The highest BCUT2D eigenvalue weighted by Gasteiger charge is 2.08. The zero-order valence-corrected chi connectivity index (χ0v) is 10.2. The average molecular weight is 236 g/mol. The van der Waals surface area contributed by atoms with Gasteiger partial charge in [-0.25, -0.2) is 4.39 Å². The molecule has 1 aromatic rings. The summed E-state index contributed by atoms with van der Waals surface area (Å²) in [4.78, 5) is 0. The van der Waals surface area contributed by atoms with Crippen molar-refractivity contribution in [2.24, 2.45) is 0 Å². The predicted molar refractivity (Wildman–Crippen MR) is 64.1 cm³/mol. The highest BCUT2D eigenvalue weighted by molar-refractivity contribution is 5.30. The molecule has 0 fully saturated rings. The number of nitrogens with zero attached hydrogens (tertiary/aromatic N) is 1. The van der Waals surface area contributed by atoms with Crippen molar-refractivity contribution in [2.75, 3.05) is 6.54 Å². The van der Waals surface area contributed by atoms with Gasteiger partial charge in [-0.3, -0.25) is 0 Å². The highest BCUT2D eigenvalue weighted by atomic mass is 19.1. The van der Waals surface area contributed by atoms with Gasteiger partial charge in [0.25, 0.3) is 0 Å². The molecule has 0 saturated carbocycles. The van der Waals surface area contributed by atoms with E-state index in [0.29, 0.717) is 18.7 Å². The van der Waals surface area contributed by atoms with Crippen LogP contribution in [0.2, 0.25) is 0 Å². The molecule has 1 N–H and O–H groups in total. The molecule has 0 amide bonds. The Kier molecular flexibility index (Phi) is 5.44. The third-order valence-electron chi connectivity index (χ3n) is 2.30. The Hall–Kier alpha value is -1.60. The lowest BCUT2D eigenvalue weighted by atomic mass is 10.2. The number of ether oxygens (including phenoxy) is 1. The van der Waals surface area contributed by atoms with E-state index >= 15 is 0 Å². The van der Waals surface area contributed by atoms with Crippen LogP contribution in [0.3, 0.4) is 0 Å². The van der Waals surface area contributed by atoms with E-state index in [1.54, 1.807) is 6.07 Å². The van der Waals surface area contributed by atoms with Crippen LogP contribution in [0.15, 0.2) is 18.2 Å². The molecular formula is C13H17FN2O. The van der Waals surface area contributed by atoms with Crippen LogP contribution in [0.25, 0.3) is 0 Å². The fourth-order valence-electron chi connectivity index (χ4n) is 1.43. The second-order valence-electron chi connectivity index (χ2n) is 3.72. The number of nitrogens with one attached hydrogen (secondary N) is 1. The smallest absolute Gasteiger partial charge is 0.184 e. The summed E-state index contributed by atoms with van der Waals surface area (Å²) in [6.45, 7) is 5.25. The Labute approximate surface area is 101 Å². The molecule has 4 heteroatoms. The zero-order chi connectivity index (χ0) is 12.7. The van der Waals surface area contributed by atoms with Crippen LogP contribution in [-0.2, 0) is 6.54 Å². The van der Waals surface area contributed by atoms with Gasteiger partial charge in [0, 0.05) is 12.6 Å². The predicted octanol–water partition coefficient (Wildman–Crippen LogP) is 2.62. The third-order valence-corrected chi connectivity index (χ3v) is 2.30. The van der Waals surface area contributed by atoms with E-state index in [1.165, 1.54) is 12.1 Å². The van der Waals surface area contributed by atoms with Gasteiger partial charge in [0.15, 0.2) is 6.10 Å². The maximum atomic E-state index is 13.3. The van der Waals surface area contributed by atoms with Gasteiger partial charge >= 0.3 is 0 Å². The molecule has 0 heterocycles. The molecule has 1 rings (SSSR count). The molecule has 0 radical (unpaired) electrons. The lowest BCUT2D eigenvalue weighted by Crippen LogP contribution is -2.14. The molecule has 0 saturated heterocycles. The summed E-state index contributed by atoms with van der Waals surface area (Å²) in [5, 5.41) is 11.9. The Morgan fingerprint density at radius 3 is 2.76 bits per heavy atom. The Morgan fingerprint density at radius 2 is 2.18 bits per heavy atom. The lowest BCUT2D eigenvalue weighted by Gasteiger charge is -2.12. The van der Waals surface area contributed by atoms with Gasteiger partial charge in [-0.1, -0.05) is 13.8 Å². The number of nitriles is 1. The van der Waals surface area contributed by atoms with E-state index in [0.717, 1.165) is 12.1 Å². The number of benzene rings is 1. The molecule has 1 aromatic carbocycles. The van der Waals surface area contributed by atoms with Crippen molar-refractivity contribution in [3.63, 3.8) is 0 Å². The molecule has 1 unspecified atom stereocenters. The van der Waals surface area contributed by atoms with Gasteiger partial charge in [0.1, 0.15) is 17.6 Å². The largest absolute Gasteiger partial charge is 0.475 e. The van der Waals surface area contributed by atoms with Gasteiger partial charge in [-0.2, -0.15) is 5.26 Å². The molecule has 0 bridgehead atoms. The molecule has 0 aliphatic rings. The fourth-order valence-corrected chi connectivity index (χ4v) is 1.43. The van der Waals surface area contributed by atoms with Crippen molar-refractivity contribution in [1.29, 1.82) is 5.26 Å². The van der Waals surface area contributed by atoms with Gasteiger partial charge < -0.3 is 10.1 Å². The lowest BCUT2D eigenvalue weighted by molar-refractivity contribution is 0.250. The number of rotatable bonds is 6. The summed E-state index contributed by atoms with van der Waals surface area (Å²) in [6.07, 6.45) is 0.0547. The van der Waals surface area contributed by atoms with Crippen LogP contribution >= 0.6 is 0 Å². The molecule has 0 aliphatic heterocycles. The first-order valence-electron chi connectivity index (χ1n) is 5.76. The Bertz CT molecular complexity index is 401. The van der Waals surface area contributed by atoms with Crippen molar-refractivity contribution in [1.82, 2.24) is 5.32 Å². The Morgan fingerprint density at radius 1 is 1.41 bits per heavy atom. The minimum absolute atomic E-state index is 0.344. The Balaban J connectivity index is 2.78. The molecule has 0 aliphatic carbocycles. The number of halogens is 1. The van der Waals surface area contributed by atoms with Crippen molar-refractivity contribution < 1.29 is 9.13 Å². The van der Waals surface area contributed by atoms with E-state index in [-0.39, 0.29) is 5.82 Å². The second-order valence-corrected chi connectivity index (χ2v) is 3.72. The van der Waals surface area contributed by atoms with Crippen LogP contribution in [0.5, 0.6) is 5.75 Å². The van der Waals surface area contributed by atoms with E-state index < -0.39 is 6.10 Å². The SMILES string of the molecule is CCNCc1cc(F)cc(OC(C#N)CC)c1. The van der Waals surface area contributed by atoms with Crippen LogP contribution in [0, 0.1) is 17.1 Å². The van der Waals surface area contributed by atoms with Crippen molar-refractivity contribution in [2.45, 2.75) is 32.9 Å². The fraction of sp³-hybridized carbons (Fsp3) is 0.462. The van der Waals surface area contributed by atoms with E-state index in [1.807, 2.05) is 19.9 Å². The summed E-state index contributed by atoms with van der Waals surface area (Å²) < 4.78 is 18.7. The van der Waals surface area contributed by atoms with Crippen molar-refractivity contribution in [3.05, 3.63) is 29.6 Å². The van der Waals surface area contributed by atoms with Crippen molar-refractivity contribution >= 4 is 0 Å². The minimum Gasteiger partial charge on any atom is -0.475 e. The average Bonchev–Trinajstić information content (AvgIpc) is 2.32. The second kappa shape index (κ2) is 6.87.